The standard InChI is InChI=1S/C45H49ClF3N4O10PS3.ClH/c1-52(27-28-63-64(56,57)58)24-23-35(30-65-37-7-3-2-4-8-37)50-41-20-19-38(29-42(41)66(59,60)45(47,48)49)67(61,62)51-44(55)33-13-17-36(18-14-33)53-25-21-32(22-26-53)43(54)40-10-6-5-9-39(40)31-11-15-34(46)16-12-31;/h2-20,29,32,35,43,50,54H,21-28,30H2,1H3,(H,51,55)(H2,56,57,58);1H/t35-,43-;/m1./s1. The van der Waals surface area contributed by atoms with E-state index in [9.17, 15) is 44.5 Å². The van der Waals surface area contributed by atoms with Crippen LogP contribution in [0.25, 0.3) is 11.1 Å². The number of sulfone groups is 1. The zero-order chi connectivity index (χ0) is 48.6. The second-order valence-corrected chi connectivity index (χ2v) is 22.2. The number of nitrogens with one attached hydrogen (secondary N) is 2. The average molecular weight is 1060 g/mol. The van der Waals surface area contributed by atoms with Crippen LogP contribution in [0.2, 0.25) is 5.02 Å². The smallest absolute Gasteiger partial charge is 0.388 e. The largest absolute Gasteiger partial charge is 0.501 e. The SMILES string of the molecule is CN(CCOP(=O)(O)O)CC[C@H](CSc1ccccc1)Nc1ccc(S(=O)(=O)NC(=O)c2ccc(N3CCC([C@@H](O)c4ccccc4-c4ccc(Cl)cc4)CC3)cc2)cc1S(=O)(=O)C(F)(F)F.Cl. The number of rotatable bonds is 20. The van der Waals surface area contributed by atoms with Crippen molar-refractivity contribution in [3.05, 3.63) is 137 Å². The maximum absolute atomic E-state index is 14.2. The summed E-state index contributed by atoms with van der Waals surface area (Å²) in [6.07, 6.45) is 0.773. The summed E-state index contributed by atoms with van der Waals surface area (Å²) in [4.78, 5) is 33.5. The number of aliphatic hydroxyl groups is 1. The molecule has 0 spiro atoms. The molecule has 1 heterocycles. The monoisotopic (exact) mass is 1060 g/mol. The number of nitrogens with zero attached hydrogens (tertiary/aromatic N) is 2. The second-order valence-electron chi connectivity index (χ2n) is 15.8. The third kappa shape index (κ3) is 14.7. The van der Waals surface area contributed by atoms with E-state index in [0.29, 0.717) is 37.0 Å². The second kappa shape index (κ2) is 23.6. The zero-order valence-corrected chi connectivity index (χ0v) is 41.2. The molecule has 0 aliphatic carbocycles. The molecule has 0 aromatic heterocycles. The minimum atomic E-state index is -6.16. The van der Waals surface area contributed by atoms with Gasteiger partial charge in [0.25, 0.3) is 25.8 Å². The Morgan fingerprint density at radius 2 is 1.54 bits per heavy atom. The lowest BCUT2D eigenvalue weighted by Gasteiger charge is -2.36. The first kappa shape index (κ1) is 54.8. The highest BCUT2D eigenvalue weighted by Gasteiger charge is 2.48. The summed E-state index contributed by atoms with van der Waals surface area (Å²) in [5.41, 5.74) is -3.06. The van der Waals surface area contributed by atoms with Gasteiger partial charge in [-0.05, 0) is 122 Å². The lowest BCUT2D eigenvalue weighted by Crippen LogP contribution is -2.36. The highest BCUT2D eigenvalue weighted by Crippen LogP contribution is 2.39. The Labute approximate surface area is 408 Å². The number of benzene rings is 5. The van der Waals surface area contributed by atoms with E-state index in [1.165, 1.54) is 23.9 Å². The van der Waals surface area contributed by atoms with E-state index >= 15 is 0 Å². The van der Waals surface area contributed by atoms with Crippen molar-refractivity contribution in [1.29, 1.82) is 0 Å². The van der Waals surface area contributed by atoms with E-state index in [4.69, 9.17) is 21.4 Å². The maximum Gasteiger partial charge on any atom is 0.501 e. The third-order valence-corrected chi connectivity index (χ3v) is 15.9. The number of aliphatic hydroxyl groups excluding tert-OH is 1. The van der Waals surface area contributed by atoms with Gasteiger partial charge in [0.05, 0.1) is 23.3 Å². The number of anilines is 2. The van der Waals surface area contributed by atoms with Crippen molar-refractivity contribution in [3.63, 3.8) is 0 Å². The number of likely N-dealkylation sites (N-methyl/N-ethyl adjacent to an activating group) is 1. The van der Waals surface area contributed by atoms with Crippen molar-refractivity contribution >= 4 is 80.7 Å². The first-order valence-electron chi connectivity index (χ1n) is 20.8. The van der Waals surface area contributed by atoms with Crippen LogP contribution < -0.4 is 14.9 Å². The molecule has 1 aliphatic heterocycles. The highest BCUT2D eigenvalue weighted by atomic mass is 35.5. The molecule has 1 aliphatic rings. The van der Waals surface area contributed by atoms with Gasteiger partial charge in [0.1, 0.15) is 4.90 Å². The number of halogens is 5. The predicted molar refractivity (Wildman–Crippen MR) is 259 cm³/mol. The van der Waals surface area contributed by atoms with Crippen molar-refractivity contribution in [2.75, 3.05) is 55.8 Å². The Morgan fingerprint density at radius 3 is 2.18 bits per heavy atom. The summed E-state index contributed by atoms with van der Waals surface area (Å²) >= 11 is 7.41. The summed E-state index contributed by atoms with van der Waals surface area (Å²) < 4.78 is 113. The predicted octanol–water partition coefficient (Wildman–Crippen LogP) is 8.80. The normalized spacial score (nSPS) is 14.8. The summed E-state index contributed by atoms with van der Waals surface area (Å²) in [5.74, 6) is -0.941. The molecule has 5 aromatic rings. The fourth-order valence-corrected chi connectivity index (χ4v) is 11.0. The molecular formula is C45H50Cl2F3N4O10PS3. The first-order valence-corrected chi connectivity index (χ1v) is 26.7. The van der Waals surface area contributed by atoms with Gasteiger partial charge in [-0.3, -0.25) is 9.32 Å². The van der Waals surface area contributed by atoms with Crippen LogP contribution in [0.4, 0.5) is 24.5 Å². The van der Waals surface area contributed by atoms with E-state index < -0.39 is 66.7 Å². The topological polar surface area (TPSA) is 203 Å². The molecule has 0 radical (unpaired) electrons. The molecule has 14 nitrogen and oxygen atoms in total. The Bertz CT molecular complexity index is 2750. The molecule has 1 amide bonds. The van der Waals surface area contributed by atoms with E-state index in [0.717, 1.165) is 39.4 Å². The molecule has 1 fully saturated rings. The molecule has 368 valence electrons. The molecule has 68 heavy (non-hydrogen) atoms. The molecule has 1 saturated heterocycles. The fraction of sp³-hybridized carbons (Fsp3) is 0.311. The van der Waals surface area contributed by atoms with Crippen molar-refractivity contribution in [2.45, 2.75) is 51.6 Å². The fourth-order valence-electron chi connectivity index (χ4n) is 7.51. The maximum atomic E-state index is 14.2. The summed E-state index contributed by atoms with van der Waals surface area (Å²) in [5, 5.41) is 15.0. The van der Waals surface area contributed by atoms with Crippen LogP contribution in [0, 0.1) is 5.92 Å². The Balaban J connectivity index is 0.00000864. The molecular weight excluding hydrogens is 1010 g/mol. The quantitative estimate of drug-likeness (QED) is 0.0366. The Kier molecular flexibility index (Phi) is 19.0. The van der Waals surface area contributed by atoms with E-state index in [1.54, 1.807) is 66.5 Å². The van der Waals surface area contributed by atoms with Crippen molar-refractivity contribution < 1.29 is 58.8 Å². The number of phosphoric ester groups is 1. The molecule has 0 saturated carbocycles. The van der Waals surface area contributed by atoms with Crippen LogP contribution in [0.15, 0.2) is 136 Å². The van der Waals surface area contributed by atoms with Gasteiger partial charge in [-0.15, -0.1) is 24.2 Å². The van der Waals surface area contributed by atoms with Crippen molar-refractivity contribution in [1.82, 2.24) is 9.62 Å². The number of carbonyl (C=O) groups excluding carboxylic acids is 1. The van der Waals surface area contributed by atoms with Gasteiger partial charge >= 0.3 is 13.3 Å². The molecule has 5 aromatic carbocycles. The van der Waals surface area contributed by atoms with Gasteiger partial charge in [-0.1, -0.05) is 66.2 Å². The van der Waals surface area contributed by atoms with Crippen molar-refractivity contribution in [3.8, 4) is 11.1 Å². The third-order valence-electron chi connectivity index (χ3n) is 11.1. The van der Waals surface area contributed by atoms with Crippen molar-refractivity contribution in [2.24, 2.45) is 5.92 Å². The molecule has 23 heteroatoms. The van der Waals surface area contributed by atoms with Gasteiger partial charge in [-0.2, -0.15) is 13.2 Å². The Hall–Kier alpha value is -4.18. The molecule has 0 bridgehead atoms. The van der Waals surface area contributed by atoms with Crippen LogP contribution in [-0.2, 0) is 28.9 Å². The molecule has 2 atom stereocenters. The zero-order valence-electron chi connectivity index (χ0n) is 36.3. The van der Waals surface area contributed by atoms with E-state index in [1.807, 2.05) is 41.1 Å². The minimum absolute atomic E-state index is 0. The van der Waals surface area contributed by atoms with Crippen LogP contribution in [0.5, 0.6) is 0 Å². The number of thioether (sulfide) groups is 1. The number of alkyl halides is 3. The number of hydrogen-bond donors (Lipinski definition) is 5. The van der Waals surface area contributed by atoms with Crippen LogP contribution in [-0.4, -0.2) is 99.7 Å². The first-order chi connectivity index (χ1) is 31.6. The van der Waals surface area contributed by atoms with Gasteiger partial charge in [-0.25, -0.2) is 26.1 Å². The summed E-state index contributed by atoms with van der Waals surface area (Å²) in [6, 6.07) is 31.5. The average Bonchev–Trinajstić information content (AvgIpc) is 3.29. The number of piperidine rings is 1. The van der Waals surface area contributed by atoms with E-state index in [-0.39, 0.29) is 55.8 Å². The van der Waals surface area contributed by atoms with Crippen LogP contribution >= 0.6 is 43.6 Å². The number of carbonyl (C=O) groups is 1. The number of phosphoric acid groups is 1. The number of sulfonamides is 1. The lowest BCUT2D eigenvalue weighted by molar-refractivity contribution is -0.0436. The lowest BCUT2D eigenvalue weighted by atomic mass is 9.84. The summed E-state index contributed by atoms with van der Waals surface area (Å²) in [6.45, 7) is 1.15. The van der Waals surface area contributed by atoms with Gasteiger partial charge in [0.2, 0.25) is 0 Å². The Morgan fingerprint density at radius 1 is 0.912 bits per heavy atom. The molecule has 5 N–H and O–H groups in total. The van der Waals surface area contributed by atoms with Crippen LogP contribution in [0.1, 0.15) is 41.3 Å². The molecule has 6 rings (SSSR count). The number of hydrogen-bond acceptors (Lipinski definition) is 12. The van der Waals surface area contributed by atoms with Gasteiger partial charge < -0.3 is 30.0 Å². The minimum Gasteiger partial charge on any atom is -0.388 e. The molecule has 0 unspecified atom stereocenters. The highest BCUT2D eigenvalue weighted by molar-refractivity contribution is 7.99. The van der Waals surface area contributed by atoms with Crippen LogP contribution in [0.3, 0.4) is 0 Å². The van der Waals surface area contributed by atoms with Gasteiger partial charge in [0, 0.05) is 52.6 Å². The van der Waals surface area contributed by atoms with E-state index in [2.05, 4.69) is 14.7 Å². The number of amides is 1. The van der Waals surface area contributed by atoms with Gasteiger partial charge in [0.15, 0.2) is 0 Å². The summed E-state index contributed by atoms with van der Waals surface area (Å²) in [7, 11) is -14.2.